The fourth-order valence-electron chi connectivity index (χ4n) is 2.64. The maximum Gasteiger partial charge on any atom is 0.344 e. The van der Waals surface area contributed by atoms with Crippen LogP contribution in [0, 0.1) is 0 Å². The van der Waals surface area contributed by atoms with Crippen molar-refractivity contribution in [3.05, 3.63) is 12.0 Å². The van der Waals surface area contributed by atoms with E-state index in [2.05, 4.69) is 21.4 Å². The lowest BCUT2D eigenvalue weighted by Gasteiger charge is -2.38. The molecule has 0 aromatic carbocycles. The number of amides is 1. The molecule has 0 aliphatic carbocycles. The predicted molar refractivity (Wildman–Crippen MR) is 83.0 cm³/mol. The van der Waals surface area contributed by atoms with Crippen molar-refractivity contribution in [2.45, 2.75) is 30.6 Å². The van der Waals surface area contributed by atoms with Crippen molar-refractivity contribution >= 4 is 30.3 Å². The van der Waals surface area contributed by atoms with Crippen molar-refractivity contribution in [3.63, 3.8) is 0 Å². The number of hydroxylamine groups is 1. The second kappa shape index (κ2) is 6.42. The molecule has 0 bridgehead atoms. The lowest BCUT2D eigenvalue weighted by atomic mass is 10.1. The first-order chi connectivity index (χ1) is 12.0. The number of nitrogens with two attached hydrogens (primary N) is 1. The number of aliphatic hydroxyl groups excluding tert-OH is 3. The van der Waals surface area contributed by atoms with E-state index in [1.54, 1.807) is 5.32 Å². The van der Waals surface area contributed by atoms with Crippen molar-refractivity contribution < 1.29 is 43.7 Å². The third-order valence-corrected chi connectivity index (χ3v) is 4.31. The van der Waals surface area contributed by atoms with E-state index in [0.29, 0.717) is 0 Å². The molecule has 8 N–H and O–H groups in total. The lowest BCUT2D eigenvalue weighted by molar-refractivity contribution is -0.0556. The van der Waals surface area contributed by atoms with Crippen LogP contribution in [0.1, 0.15) is 16.7 Å². The summed E-state index contributed by atoms with van der Waals surface area (Å²) in [6.07, 6.45) is -4.75. The summed E-state index contributed by atoms with van der Waals surface area (Å²) in [4.78, 5) is 34.4. The van der Waals surface area contributed by atoms with Crippen molar-refractivity contribution in [1.29, 1.82) is 0 Å². The SMILES string of the molecule is NC1(F)NC(=O)c2ncn([C@@H]3O[C@H](CO)[C@@H](O)[C@H]3O)c2N1OP(O)(O)=S. The Balaban J connectivity index is 2.09. The Morgan fingerprint density at radius 2 is 2.15 bits per heavy atom. The van der Waals surface area contributed by atoms with Crippen LogP contribution in [0.25, 0.3) is 0 Å². The quantitative estimate of drug-likeness (QED) is 0.192. The Morgan fingerprint density at radius 1 is 1.50 bits per heavy atom. The van der Waals surface area contributed by atoms with Gasteiger partial charge in [-0.1, -0.05) is 0 Å². The molecule has 1 aromatic heterocycles. The van der Waals surface area contributed by atoms with Crippen LogP contribution in [-0.4, -0.2) is 71.5 Å². The molecule has 26 heavy (non-hydrogen) atoms. The molecule has 1 saturated heterocycles. The number of fused-ring (bicyclic) bond motifs is 1. The van der Waals surface area contributed by atoms with Crippen LogP contribution in [0.15, 0.2) is 6.33 Å². The second-order valence-corrected chi connectivity index (χ2v) is 8.12. The first-order valence-electron chi connectivity index (χ1n) is 7.01. The minimum atomic E-state index is -4.51. The first kappa shape index (κ1) is 19.5. The van der Waals surface area contributed by atoms with Gasteiger partial charge in [0.1, 0.15) is 18.3 Å². The van der Waals surface area contributed by atoms with Crippen molar-refractivity contribution in [3.8, 4) is 0 Å². The number of halogens is 1. The molecule has 0 spiro atoms. The molecule has 0 radical (unpaired) electrons. The minimum Gasteiger partial charge on any atom is -0.394 e. The summed E-state index contributed by atoms with van der Waals surface area (Å²) >= 11 is 4.30. The van der Waals surface area contributed by atoms with E-state index in [-0.39, 0.29) is 5.06 Å². The molecule has 146 valence electrons. The number of nitrogens with one attached hydrogen (secondary N) is 1. The summed E-state index contributed by atoms with van der Waals surface area (Å²) in [7, 11) is 0. The minimum absolute atomic E-state index is 0.0756. The molecular weight excluding hydrogens is 400 g/mol. The summed E-state index contributed by atoms with van der Waals surface area (Å²) in [5, 5.41) is 30.9. The van der Waals surface area contributed by atoms with E-state index in [1.165, 1.54) is 0 Å². The first-order valence-corrected chi connectivity index (χ1v) is 9.64. The Hall–Kier alpha value is -1.26. The number of hydrogen-bond donors (Lipinski definition) is 7. The van der Waals surface area contributed by atoms with Gasteiger partial charge in [-0.25, -0.2) is 4.98 Å². The highest BCUT2D eigenvalue weighted by atomic mass is 32.5. The topological polar surface area (TPSA) is 196 Å². The summed E-state index contributed by atoms with van der Waals surface area (Å²) in [6, 6.07) is -3.25. The number of carbonyl (C=O) groups is 1. The molecule has 5 atom stereocenters. The zero-order valence-corrected chi connectivity index (χ0v) is 14.4. The fourth-order valence-corrected chi connectivity index (χ4v) is 3.25. The Bertz CT molecular complexity index is 773. The standard InChI is InChI=1S/C10H15FN5O8PS/c11-10(12)14-7(20)4-8(16(10)24-25(21,22)26)15(2-13-4)9-6(19)5(18)3(1-17)23-9/h2-3,5-6,9,17-19H,1,12H2,(H,14,20)(H2,21,22,26)/t3-,5-,6-,9-,10?/m1/s1. The molecule has 0 saturated carbocycles. The number of anilines is 1. The van der Waals surface area contributed by atoms with Crippen LogP contribution in [0.4, 0.5) is 10.2 Å². The van der Waals surface area contributed by atoms with E-state index in [4.69, 9.17) is 15.6 Å². The van der Waals surface area contributed by atoms with Gasteiger partial charge in [-0.15, -0.1) is 0 Å². The predicted octanol–water partition coefficient (Wildman–Crippen LogP) is -3.28. The zero-order chi connectivity index (χ0) is 19.4. The monoisotopic (exact) mass is 415 g/mol. The van der Waals surface area contributed by atoms with E-state index in [9.17, 15) is 29.2 Å². The second-order valence-electron chi connectivity index (χ2n) is 5.55. The highest BCUT2D eigenvalue weighted by molar-refractivity contribution is 8.06. The molecule has 2 aliphatic heterocycles. The van der Waals surface area contributed by atoms with Gasteiger partial charge in [0.25, 0.3) is 5.91 Å². The van der Waals surface area contributed by atoms with Gasteiger partial charge in [-0.05, 0) is 11.8 Å². The smallest absolute Gasteiger partial charge is 0.344 e. The molecule has 1 fully saturated rings. The molecule has 3 heterocycles. The molecule has 3 rings (SSSR count). The number of aromatic nitrogens is 2. The Kier molecular flexibility index (Phi) is 4.81. The molecule has 13 nitrogen and oxygen atoms in total. The average molecular weight is 415 g/mol. The van der Waals surface area contributed by atoms with Gasteiger partial charge in [0, 0.05) is 0 Å². The van der Waals surface area contributed by atoms with Crippen LogP contribution < -0.4 is 16.1 Å². The zero-order valence-electron chi connectivity index (χ0n) is 12.7. The van der Waals surface area contributed by atoms with Gasteiger partial charge < -0.3 is 29.8 Å². The van der Waals surface area contributed by atoms with Crippen molar-refractivity contribution in [2.75, 3.05) is 11.7 Å². The normalized spacial score (nSPS) is 34.7. The van der Waals surface area contributed by atoms with Crippen LogP contribution in [0.3, 0.4) is 0 Å². The third-order valence-electron chi connectivity index (χ3n) is 3.74. The number of carbonyl (C=O) groups excluding carboxylic acids is 1. The van der Waals surface area contributed by atoms with E-state index in [1.807, 2.05) is 0 Å². The number of nitrogens with zero attached hydrogens (tertiary/aromatic N) is 3. The van der Waals surface area contributed by atoms with Crippen molar-refractivity contribution in [1.82, 2.24) is 14.9 Å². The van der Waals surface area contributed by atoms with Gasteiger partial charge in [-0.2, -0.15) is 14.1 Å². The average Bonchev–Trinajstić information content (AvgIpc) is 3.05. The highest BCUT2D eigenvalue weighted by Gasteiger charge is 2.51. The van der Waals surface area contributed by atoms with E-state index >= 15 is 0 Å². The number of rotatable bonds is 4. The van der Waals surface area contributed by atoms with Crippen LogP contribution in [-0.2, 0) is 21.2 Å². The fraction of sp³-hybridized carbons (Fsp3) is 0.600. The number of imidazole rings is 1. The van der Waals surface area contributed by atoms with E-state index in [0.717, 1.165) is 10.9 Å². The van der Waals surface area contributed by atoms with Gasteiger partial charge >= 0.3 is 12.8 Å². The maximum atomic E-state index is 14.6. The summed E-state index contributed by atoms with van der Waals surface area (Å²) < 4.78 is 25.4. The largest absolute Gasteiger partial charge is 0.394 e. The molecule has 2 aliphatic rings. The number of alkyl halides is 1. The van der Waals surface area contributed by atoms with Crippen LogP contribution >= 0.6 is 6.72 Å². The molecule has 1 unspecified atom stereocenters. The van der Waals surface area contributed by atoms with Crippen molar-refractivity contribution in [2.24, 2.45) is 5.73 Å². The summed E-state index contributed by atoms with van der Waals surface area (Å²) in [5.74, 6) is -1.62. The molecule has 16 heteroatoms. The Morgan fingerprint density at radius 3 is 2.69 bits per heavy atom. The van der Waals surface area contributed by atoms with Gasteiger partial charge in [0.05, 0.1) is 12.9 Å². The van der Waals surface area contributed by atoms with Gasteiger partial charge in [0.15, 0.2) is 17.7 Å². The summed E-state index contributed by atoms with van der Waals surface area (Å²) in [6.45, 7) is -5.14. The van der Waals surface area contributed by atoms with Crippen LogP contribution in [0.5, 0.6) is 0 Å². The van der Waals surface area contributed by atoms with Gasteiger partial charge in [-0.3, -0.25) is 20.4 Å². The molecule has 1 amide bonds. The number of aliphatic hydroxyl groups is 3. The van der Waals surface area contributed by atoms with E-state index < -0.39 is 61.3 Å². The molecule has 1 aromatic rings. The van der Waals surface area contributed by atoms with Crippen LogP contribution in [0.2, 0.25) is 0 Å². The highest BCUT2D eigenvalue weighted by Crippen LogP contribution is 2.44. The number of hydrogen-bond acceptors (Lipinski definition) is 10. The molecular formula is C10H15FN5O8PS. The maximum absolute atomic E-state index is 14.6. The third kappa shape index (κ3) is 3.22. The number of ether oxygens (including phenoxy) is 1. The lowest BCUT2D eigenvalue weighted by Crippen LogP contribution is -2.67. The Labute approximate surface area is 149 Å². The summed E-state index contributed by atoms with van der Waals surface area (Å²) in [5.41, 5.74) is 4.84. The van der Waals surface area contributed by atoms with Gasteiger partial charge in [0.2, 0.25) is 0 Å².